The smallest absolute Gasteiger partial charge is 0.335 e. The lowest BCUT2D eigenvalue weighted by Crippen LogP contribution is -1.98. The summed E-state index contributed by atoms with van der Waals surface area (Å²) in [5.74, 6) is -0.528. The average molecular weight is 228 g/mol. The molecule has 1 aromatic heterocycles. The van der Waals surface area contributed by atoms with E-state index in [-0.39, 0.29) is 5.56 Å². The van der Waals surface area contributed by atoms with Crippen LogP contribution in [0.15, 0.2) is 36.4 Å². The molecule has 0 saturated heterocycles. The summed E-state index contributed by atoms with van der Waals surface area (Å²) in [6, 6.07) is 10.2. The number of hydrogen-bond donors (Lipinski definition) is 2. The highest BCUT2D eigenvalue weighted by Gasteiger charge is 2.08. The standard InChI is InChI=1S/C13H12N2O2/c1-8-5-6-11(14)15-12(8)9-3-2-4-10(7-9)13(16)17/h2-7H,1H3,(H2,14,15)(H,16,17). The Morgan fingerprint density at radius 3 is 2.76 bits per heavy atom. The second-order valence-corrected chi connectivity index (χ2v) is 3.79. The van der Waals surface area contributed by atoms with Gasteiger partial charge in [0, 0.05) is 5.56 Å². The molecule has 86 valence electrons. The zero-order valence-electron chi connectivity index (χ0n) is 9.34. The number of carboxylic acid groups (broad SMARTS) is 1. The Morgan fingerprint density at radius 2 is 2.06 bits per heavy atom. The first-order valence-corrected chi connectivity index (χ1v) is 5.15. The Labute approximate surface area is 98.7 Å². The van der Waals surface area contributed by atoms with Crippen molar-refractivity contribution in [3.8, 4) is 11.3 Å². The summed E-state index contributed by atoms with van der Waals surface area (Å²) in [4.78, 5) is 15.1. The quantitative estimate of drug-likeness (QED) is 0.827. The third-order valence-corrected chi connectivity index (χ3v) is 2.50. The van der Waals surface area contributed by atoms with Crippen LogP contribution in [-0.4, -0.2) is 16.1 Å². The molecule has 2 rings (SSSR count). The fourth-order valence-corrected chi connectivity index (χ4v) is 1.64. The Kier molecular flexibility index (Phi) is 2.78. The van der Waals surface area contributed by atoms with Gasteiger partial charge in [-0.15, -0.1) is 0 Å². The van der Waals surface area contributed by atoms with Gasteiger partial charge in [0.25, 0.3) is 0 Å². The van der Waals surface area contributed by atoms with E-state index in [0.29, 0.717) is 11.5 Å². The van der Waals surface area contributed by atoms with Crippen LogP contribution in [0.5, 0.6) is 0 Å². The minimum Gasteiger partial charge on any atom is -0.478 e. The maximum atomic E-state index is 10.9. The molecule has 3 N–H and O–H groups in total. The van der Waals surface area contributed by atoms with Crippen molar-refractivity contribution in [2.24, 2.45) is 0 Å². The van der Waals surface area contributed by atoms with Crippen molar-refractivity contribution in [1.29, 1.82) is 0 Å². The van der Waals surface area contributed by atoms with Crippen LogP contribution in [0, 0.1) is 6.92 Å². The lowest BCUT2D eigenvalue weighted by molar-refractivity contribution is 0.0697. The molecular formula is C13H12N2O2. The van der Waals surface area contributed by atoms with Crippen LogP contribution in [0.2, 0.25) is 0 Å². The Balaban J connectivity index is 2.56. The number of nitrogen functional groups attached to an aromatic ring is 1. The number of nitrogens with zero attached hydrogens (tertiary/aromatic N) is 1. The lowest BCUT2D eigenvalue weighted by Gasteiger charge is -2.06. The van der Waals surface area contributed by atoms with Crippen molar-refractivity contribution in [3.63, 3.8) is 0 Å². The summed E-state index contributed by atoms with van der Waals surface area (Å²) in [7, 11) is 0. The zero-order valence-corrected chi connectivity index (χ0v) is 9.34. The first-order valence-electron chi connectivity index (χ1n) is 5.15. The number of hydrogen-bond acceptors (Lipinski definition) is 3. The summed E-state index contributed by atoms with van der Waals surface area (Å²) >= 11 is 0. The van der Waals surface area contributed by atoms with Crippen LogP contribution in [0.1, 0.15) is 15.9 Å². The molecule has 0 fully saturated rings. The van der Waals surface area contributed by atoms with Crippen LogP contribution in [0.3, 0.4) is 0 Å². The SMILES string of the molecule is Cc1ccc(N)nc1-c1cccc(C(=O)O)c1. The van der Waals surface area contributed by atoms with Gasteiger partial charge in [-0.1, -0.05) is 18.2 Å². The van der Waals surface area contributed by atoms with Gasteiger partial charge in [0.15, 0.2) is 0 Å². The number of rotatable bonds is 2. The van der Waals surface area contributed by atoms with E-state index in [1.807, 2.05) is 19.1 Å². The molecule has 2 aromatic rings. The third-order valence-electron chi connectivity index (χ3n) is 2.50. The van der Waals surface area contributed by atoms with E-state index in [9.17, 15) is 4.79 Å². The van der Waals surface area contributed by atoms with Gasteiger partial charge in [0.2, 0.25) is 0 Å². The van der Waals surface area contributed by atoms with Crippen LogP contribution in [-0.2, 0) is 0 Å². The van der Waals surface area contributed by atoms with Crippen molar-refractivity contribution in [2.45, 2.75) is 6.92 Å². The van der Waals surface area contributed by atoms with Crippen LogP contribution in [0.4, 0.5) is 5.82 Å². The molecule has 0 radical (unpaired) electrons. The fourth-order valence-electron chi connectivity index (χ4n) is 1.64. The summed E-state index contributed by atoms with van der Waals surface area (Å²) in [5, 5.41) is 8.93. The largest absolute Gasteiger partial charge is 0.478 e. The fraction of sp³-hybridized carbons (Fsp3) is 0.0769. The van der Waals surface area contributed by atoms with Gasteiger partial charge >= 0.3 is 5.97 Å². The van der Waals surface area contributed by atoms with E-state index >= 15 is 0 Å². The number of pyridine rings is 1. The van der Waals surface area contributed by atoms with Gasteiger partial charge in [-0.2, -0.15) is 0 Å². The predicted molar refractivity (Wildman–Crippen MR) is 65.8 cm³/mol. The molecule has 0 aliphatic rings. The van der Waals surface area contributed by atoms with Crippen molar-refractivity contribution >= 4 is 11.8 Å². The van der Waals surface area contributed by atoms with E-state index in [1.54, 1.807) is 24.3 Å². The van der Waals surface area contributed by atoms with Gasteiger partial charge in [-0.05, 0) is 30.7 Å². The molecule has 0 saturated carbocycles. The number of aryl methyl sites for hydroxylation is 1. The van der Waals surface area contributed by atoms with Gasteiger partial charge in [-0.3, -0.25) is 0 Å². The number of nitrogens with two attached hydrogens (primary N) is 1. The van der Waals surface area contributed by atoms with E-state index in [4.69, 9.17) is 10.8 Å². The predicted octanol–water partition coefficient (Wildman–Crippen LogP) is 2.34. The summed E-state index contributed by atoms with van der Waals surface area (Å²) < 4.78 is 0. The number of carbonyl (C=O) groups is 1. The zero-order chi connectivity index (χ0) is 12.4. The molecule has 0 atom stereocenters. The molecule has 1 aromatic carbocycles. The number of aromatic nitrogens is 1. The summed E-state index contributed by atoms with van der Waals surface area (Å²) in [6.07, 6.45) is 0. The van der Waals surface area contributed by atoms with Gasteiger partial charge in [-0.25, -0.2) is 9.78 Å². The molecule has 4 nitrogen and oxygen atoms in total. The van der Waals surface area contributed by atoms with E-state index in [0.717, 1.165) is 11.1 Å². The second kappa shape index (κ2) is 4.25. The molecule has 0 bridgehead atoms. The Bertz CT molecular complexity index is 579. The summed E-state index contributed by atoms with van der Waals surface area (Å²) in [6.45, 7) is 1.91. The van der Waals surface area contributed by atoms with Crippen molar-refractivity contribution in [1.82, 2.24) is 4.98 Å². The average Bonchev–Trinajstić information content (AvgIpc) is 2.32. The highest BCUT2D eigenvalue weighted by atomic mass is 16.4. The number of carboxylic acids is 1. The van der Waals surface area contributed by atoms with Crippen LogP contribution in [0.25, 0.3) is 11.3 Å². The molecule has 0 aliphatic heterocycles. The molecule has 0 unspecified atom stereocenters. The molecule has 0 spiro atoms. The molecule has 0 aliphatic carbocycles. The molecule has 17 heavy (non-hydrogen) atoms. The van der Waals surface area contributed by atoms with E-state index < -0.39 is 5.97 Å². The monoisotopic (exact) mass is 228 g/mol. The number of anilines is 1. The van der Waals surface area contributed by atoms with Crippen molar-refractivity contribution in [2.75, 3.05) is 5.73 Å². The summed E-state index contributed by atoms with van der Waals surface area (Å²) in [5.41, 5.74) is 8.31. The first-order chi connectivity index (χ1) is 8.08. The molecular weight excluding hydrogens is 216 g/mol. The maximum Gasteiger partial charge on any atom is 0.335 e. The number of benzene rings is 1. The highest BCUT2D eigenvalue weighted by molar-refractivity contribution is 5.89. The number of aromatic carboxylic acids is 1. The first kappa shape index (κ1) is 11.1. The minimum absolute atomic E-state index is 0.242. The van der Waals surface area contributed by atoms with Crippen molar-refractivity contribution in [3.05, 3.63) is 47.5 Å². The van der Waals surface area contributed by atoms with Gasteiger partial charge in [0.1, 0.15) is 5.82 Å². The molecule has 0 amide bonds. The third kappa shape index (κ3) is 2.25. The van der Waals surface area contributed by atoms with Crippen molar-refractivity contribution < 1.29 is 9.90 Å². The minimum atomic E-state index is -0.951. The second-order valence-electron chi connectivity index (χ2n) is 3.79. The lowest BCUT2D eigenvalue weighted by atomic mass is 10.0. The van der Waals surface area contributed by atoms with Crippen LogP contribution >= 0.6 is 0 Å². The van der Waals surface area contributed by atoms with Gasteiger partial charge < -0.3 is 10.8 Å². The van der Waals surface area contributed by atoms with E-state index in [1.165, 1.54) is 0 Å². The topological polar surface area (TPSA) is 76.2 Å². The van der Waals surface area contributed by atoms with Crippen LogP contribution < -0.4 is 5.73 Å². The maximum absolute atomic E-state index is 10.9. The van der Waals surface area contributed by atoms with E-state index in [2.05, 4.69) is 4.98 Å². The molecule has 4 heteroatoms. The normalized spacial score (nSPS) is 10.2. The van der Waals surface area contributed by atoms with Gasteiger partial charge in [0.05, 0.1) is 11.3 Å². The Hall–Kier alpha value is -2.36. The molecule has 1 heterocycles. The Morgan fingerprint density at radius 1 is 1.29 bits per heavy atom. The highest BCUT2D eigenvalue weighted by Crippen LogP contribution is 2.23.